The van der Waals surface area contributed by atoms with Crippen LogP contribution in [0.2, 0.25) is 0 Å². The fraction of sp³-hybridized carbons (Fsp3) is 0.357. The number of carbonyl (C=O) groups is 1. The van der Waals surface area contributed by atoms with Crippen LogP contribution in [0.15, 0.2) is 24.3 Å². The highest BCUT2D eigenvalue weighted by atomic mass is 32.1. The van der Waals surface area contributed by atoms with Crippen LogP contribution in [0, 0.1) is 6.92 Å². The van der Waals surface area contributed by atoms with Gasteiger partial charge in [-0.05, 0) is 23.9 Å². The standard InChI is InChI=1S/C12H13NO3S.C2H6/c1-8-9-5-3-4-6-10(9)17-12(8)13-16-7-11(14)15-2;1-2/h3-6,13H,7H2,1-2H3;1-2H3. The number of benzene rings is 1. The molecule has 1 heterocycles. The lowest BCUT2D eigenvalue weighted by atomic mass is 10.2. The molecule has 0 fully saturated rings. The first-order chi connectivity index (χ1) is 9.22. The molecule has 0 saturated heterocycles. The average Bonchev–Trinajstić information content (AvgIpc) is 2.78. The summed E-state index contributed by atoms with van der Waals surface area (Å²) in [5.74, 6) is -0.406. The van der Waals surface area contributed by atoms with Gasteiger partial charge in [-0.25, -0.2) is 4.79 Å². The Morgan fingerprint density at radius 2 is 2.00 bits per heavy atom. The maximum atomic E-state index is 10.9. The summed E-state index contributed by atoms with van der Waals surface area (Å²) in [5, 5.41) is 2.11. The molecule has 0 aliphatic carbocycles. The predicted octanol–water partition coefficient (Wildman–Crippen LogP) is 3.75. The van der Waals surface area contributed by atoms with E-state index in [4.69, 9.17) is 4.84 Å². The van der Waals surface area contributed by atoms with Gasteiger partial charge in [0.25, 0.3) is 0 Å². The lowest BCUT2D eigenvalue weighted by molar-refractivity contribution is -0.144. The van der Waals surface area contributed by atoms with Gasteiger partial charge in [0.1, 0.15) is 5.00 Å². The van der Waals surface area contributed by atoms with Gasteiger partial charge >= 0.3 is 5.97 Å². The molecule has 5 heteroatoms. The third-order valence-corrected chi connectivity index (χ3v) is 3.60. The summed E-state index contributed by atoms with van der Waals surface area (Å²) < 4.78 is 5.67. The zero-order chi connectivity index (χ0) is 14.3. The molecule has 0 radical (unpaired) electrons. The summed E-state index contributed by atoms with van der Waals surface area (Å²) in [6.07, 6.45) is 0. The SMILES string of the molecule is CC.COC(=O)CONc1sc2ccccc2c1C. The van der Waals surface area contributed by atoms with Crippen molar-refractivity contribution >= 4 is 32.4 Å². The van der Waals surface area contributed by atoms with Gasteiger partial charge in [-0.15, -0.1) is 11.3 Å². The number of ether oxygens (including phenoxy) is 1. The van der Waals surface area contributed by atoms with Crippen LogP contribution in [-0.2, 0) is 14.4 Å². The summed E-state index contributed by atoms with van der Waals surface area (Å²) in [4.78, 5) is 15.9. The van der Waals surface area contributed by atoms with Crippen molar-refractivity contribution in [3.05, 3.63) is 29.8 Å². The van der Waals surface area contributed by atoms with Crippen molar-refractivity contribution in [2.24, 2.45) is 0 Å². The quantitative estimate of drug-likeness (QED) is 0.685. The Morgan fingerprint density at radius 3 is 2.63 bits per heavy atom. The van der Waals surface area contributed by atoms with E-state index in [2.05, 4.69) is 22.3 Å². The number of hydrogen-bond acceptors (Lipinski definition) is 5. The number of carbonyl (C=O) groups excluding carboxylic acids is 1. The molecule has 0 bridgehead atoms. The maximum Gasteiger partial charge on any atom is 0.334 e. The van der Waals surface area contributed by atoms with Crippen LogP contribution in [0.1, 0.15) is 19.4 Å². The number of aryl methyl sites for hydroxylation is 1. The van der Waals surface area contributed by atoms with Crippen LogP contribution < -0.4 is 5.48 Å². The first-order valence-electron chi connectivity index (χ1n) is 6.15. The van der Waals surface area contributed by atoms with Gasteiger partial charge in [0.2, 0.25) is 0 Å². The molecule has 1 N–H and O–H groups in total. The zero-order valence-corrected chi connectivity index (χ0v) is 12.5. The number of esters is 1. The van der Waals surface area contributed by atoms with Crippen molar-refractivity contribution in [2.45, 2.75) is 20.8 Å². The largest absolute Gasteiger partial charge is 0.467 e. The van der Waals surface area contributed by atoms with E-state index in [1.54, 1.807) is 11.3 Å². The molecular weight excluding hydrogens is 262 g/mol. The number of methoxy groups -OCH3 is 1. The molecule has 2 rings (SSSR count). The topological polar surface area (TPSA) is 47.6 Å². The van der Waals surface area contributed by atoms with Crippen LogP contribution in [0.25, 0.3) is 10.1 Å². The van der Waals surface area contributed by atoms with Crippen molar-refractivity contribution in [3.63, 3.8) is 0 Å². The van der Waals surface area contributed by atoms with Gasteiger partial charge in [-0.2, -0.15) is 0 Å². The smallest absolute Gasteiger partial charge is 0.334 e. The van der Waals surface area contributed by atoms with Crippen molar-refractivity contribution in [3.8, 4) is 0 Å². The Kier molecular flexibility index (Phi) is 6.32. The molecule has 0 unspecified atom stereocenters. The molecule has 19 heavy (non-hydrogen) atoms. The molecule has 4 nitrogen and oxygen atoms in total. The highest BCUT2D eigenvalue weighted by Gasteiger charge is 2.08. The van der Waals surface area contributed by atoms with E-state index in [-0.39, 0.29) is 6.61 Å². The Hall–Kier alpha value is -1.59. The Balaban J connectivity index is 0.000000861. The van der Waals surface area contributed by atoms with Gasteiger partial charge in [-0.1, -0.05) is 32.0 Å². The number of rotatable bonds is 4. The Morgan fingerprint density at radius 1 is 1.32 bits per heavy atom. The highest BCUT2D eigenvalue weighted by Crippen LogP contribution is 2.34. The number of nitrogens with one attached hydrogen (secondary N) is 1. The summed E-state index contributed by atoms with van der Waals surface area (Å²) in [7, 11) is 1.33. The van der Waals surface area contributed by atoms with Gasteiger partial charge in [-0.3, -0.25) is 10.3 Å². The second-order valence-electron chi connectivity index (χ2n) is 3.52. The lowest BCUT2D eigenvalue weighted by Gasteiger charge is -2.04. The van der Waals surface area contributed by atoms with Gasteiger partial charge < -0.3 is 4.74 Å². The van der Waals surface area contributed by atoms with Crippen molar-refractivity contribution in [1.29, 1.82) is 0 Å². The van der Waals surface area contributed by atoms with E-state index in [1.165, 1.54) is 17.2 Å². The summed E-state index contributed by atoms with van der Waals surface area (Å²) in [5.41, 5.74) is 3.91. The second-order valence-corrected chi connectivity index (χ2v) is 4.57. The number of hydrogen-bond donors (Lipinski definition) is 1. The van der Waals surface area contributed by atoms with E-state index in [1.807, 2.05) is 32.9 Å². The van der Waals surface area contributed by atoms with E-state index in [0.717, 1.165) is 10.6 Å². The Bertz CT molecular complexity index is 536. The van der Waals surface area contributed by atoms with E-state index >= 15 is 0 Å². The predicted molar refractivity (Wildman–Crippen MR) is 79.5 cm³/mol. The lowest BCUT2D eigenvalue weighted by Crippen LogP contribution is -2.13. The van der Waals surface area contributed by atoms with Crippen LogP contribution >= 0.6 is 11.3 Å². The van der Waals surface area contributed by atoms with Gasteiger partial charge in [0, 0.05) is 4.70 Å². The van der Waals surface area contributed by atoms with Crippen molar-refractivity contribution in [1.82, 2.24) is 0 Å². The molecule has 0 amide bonds. The summed E-state index contributed by atoms with van der Waals surface area (Å²) in [6.45, 7) is 5.91. The van der Waals surface area contributed by atoms with Crippen molar-refractivity contribution < 1.29 is 14.4 Å². The molecule has 2 aromatic rings. The van der Waals surface area contributed by atoms with E-state index in [9.17, 15) is 4.79 Å². The second kappa shape index (κ2) is 7.76. The third kappa shape index (κ3) is 3.94. The summed E-state index contributed by atoms with van der Waals surface area (Å²) in [6, 6.07) is 8.11. The minimum atomic E-state index is -0.406. The van der Waals surface area contributed by atoms with E-state index < -0.39 is 5.97 Å². The number of thiophene rings is 1. The van der Waals surface area contributed by atoms with E-state index in [0.29, 0.717) is 0 Å². The molecule has 0 aliphatic heterocycles. The molecule has 104 valence electrons. The number of fused-ring (bicyclic) bond motifs is 1. The first kappa shape index (κ1) is 15.5. The van der Waals surface area contributed by atoms with Crippen molar-refractivity contribution in [2.75, 3.05) is 19.2 Å². The molecule has 1 aromatic heterocycles. The molecule has 1 aromatic carbocycles. The maximum absolute atomic E-state index is 10.9. The minimum Gasteiger partial charge on any atom is -0.467 e. The van der Waals surface area contributed by atoms with Crippen LogP contribution in [0.3, 0.4) is 0 Å². The first-order valence-corrected chi connectivity index (χ1v) is 6.96. The third-order valence-electron chi connectivity index (χ3n) is 2.43. The van der Waals surface area contributed by atoms with Gasteiger partial charge in [0.05, 0.1) is 7.11 Å². The fourth-order valence-electron chi connectivity index (χ4n) is 1.49. The molecule has 0 atom stereocenters. The van der Waals surface area contributed by atoms with Crippen LogP contribution in [-0.4, -0.2) is 19.7 Å². The molecule has 0 saturated carbocycles. The number of anilines is 1. The zero-order valence-electron chi connectivity index (χ0n) is 11.6. The van der Waals surface area contributed by atoms with Gasteiger partial charge in [0.15, 0.2) is 6.61 Å². The average molecular weight is 281 g/mol. The molecular formula is C14H19NO3S. The molecule has 0 spiro atoms. The fourth-order valence-corrected chi connectivity index (χ4v) is 2.55. The van der Waals surface area contributed by atoms with Crippen LogP contribution in [0.5, 0.6) is 0 Å². The Labute approximate surface area is 117 Å². The minimum absolute atomic E-state index is 0.107. The monoisotopic (exact) mass is 281 g/mol. The summed E-state index contributed by atoms with van der Waals surface area (Å²) >= 11 is 1.59. The van der Waals surface area contributed by atoms with Crippen LogP contribution in [0.4, 0.5) is 5.00 Å². The highest BCUT2D eigenvalue weighted by molar-refractivity contribution is 7.23. The normalized spacial score (nSPS) is 9.68. The molecule has 0 aliphatic rings.